The van der Waals surface area contributed by atoms with Gasteiger partial charge in [-0.05, 0) is 37.0 Å². The van der Waals surface area contributed by atoms with Crippen molar-refractivity contribution in [3.05, 3.63) is 24.3 Å². The smallest absolute Gasteiger partial charge is 0.120 e. The summed E-state index contributed by atoms with van der Waals surface area (Å²) >= 11 is 0. The molecule has 0 aromatic heterocycles. The number of nitrogens with one attached hydrogen (secondary N) is 1. The van der Waals surface area contributed by atoms with E-state index in [1.807, 2.05) is 24.3 Å². The zero-order valence-corrected chi connectivity index (χ0v) is 12.3. The lowest BCUT2D eigenvalue weighted by Crippen LogP contribution is -2.15. The van der Waals surface area contributed by atoms with Crippen molar-refractivity contribution < 1.29 is 4.74 Å². The highest BCUT2D eigenvalue weighted by atomic mass is 32.2. The van der Waals surface area contributed by atoms with E-state index in [0.717, 1.165) is 28.9 Å². The van der Waals surface area contributed by atoms with Gasteiger partial charge in [0.15, 0.2) is 0 Å². The highest BCUT2D eigenvalue weighted by Crippen LogP contribution is 2.25. The SMILES string of the molecule is N=S(CCN)c1cccc(OCC2CCCCC2)c1. The summed E-state index contributed by atoms with van der Waals surface area (Å²) in [5.41, 5.74) is 5.52. The summed E-state index contributed by atoms with van der Waals surface area (Å²) in [4.78, 5) is 1.03. The fourth-order valence-electron chi connectivity index (χ4n) is 2.52. The molecule has 1 aliphatic carbocycles. The van der Waals surface area contributed by atoms with Crippen LogP contribution in [0.3, 0.4) is 0 Å². The summed E-state index contributed by atoms with van der Waals surface area (Å²) in [5.74, 6) is 2.35. The van der Waals surface area contributed by atoms with Gasteiger partial charge in [0.1, 0.15) is 5.75 Å². The minimum Gasteiger partial charge on any atom is -0.493 e. The van der Waals surface area contributed by atoms with Crippen molar-refractivity contribution in [2.75, 3.05) is 18.9 Å². The molecule has 3 nitrogen and oxygen atoms in total. The fraction of sp³-hybridized carbons (Fsp3) is 0.600. The van der Waals surface area contributed by atoms with Crippen LogP contribution in [0.15, 0.2) is 29.2 Å². The molecule has 4 heteroatoms. The molecular formula is C15H24N2OS. The zero-order chi connectivity index (χ0) is 13.5. The Balaban J connectivity index is 1.89. The highest BCUT2D eigenvalue weighted by molar-refractivity contribution is 7.86. The molecule has 1 aromatic carbocycles. The van der Waals surface area contributed by atoms with Gasteiger partial charge in [-0.1, -0.05) is 36.0 Å². The number of hydrogen-bond donors (Lipinski definition) is 2. The van der Waals surface area contributed by atoms with Gasteiger partial charge in [-0.15, -0.1) is 0 Å². The molecule has 1 aliphatic rings. The van der Waals surface area contributed by atoms with Crippen LogP contribution < -0.4 is 10.5 Å². The van der Waals surface area contributed by atoms with Gasteiger partial charge in [-0.3, -0.25) is 4.78 Å². The van der Waals surface area contributed by atoms with E-state index in [4.69, 9.17) is 15.3 Å². The Labute approximate surface area is 118 Å². The summed E-state index contributed by atoms with van der Waals surface area (Å²) in [6, 6.07) is 7.98. The molecule has 0 radical (unpaired) electrons. The fourth-order valence-corrected chi connectivity index (χ4v) is 3.49. The normalized spacial score (nSPS) is 18.2. The van der Waals surface area contributed by atoms with Gasteiger partial charge in [0.2, 0.25) is 0 Å². The van der Waals surface area contributed by atoms with E-state index in [-0.39, 0.29) is 0 Å². The second-order valence-corrected chi connectivity index (χ2v) is 6.83. The third-order valence-electron chi connectivity index (χ3n) is 3.62. The molecule has 106 valence electrons. The van der Waals surface area contributed by atoms with E-state index >= 15 is 0 Å². The lowest BCUT2D eigenvalue weighted by atomic mass is 9.90. The largest absolute Gasteiger partial charge is 0.493 e. The Morgan fingerprint density at radius 2 is 2.05 bits per heavy atom. The van der Waals surface area contributed by atoms with E-state index in [1.54, 1.807) is 0 Å². The standard InChI is InChI=1S/C15H24N2OS/c16-9-10-19(17)15-8-4-7-14(11-15)18-12-13-5-2-1-3-6-13/h4,7-8,11,13,17H,1-3,5-6,9-10,12,16H2. The Kier molecular flexibility index (Phi) is 5.86. The maximum atomic E-state index is 8.03. The first-order valence-corrected chi connectivity index (χ1v) is 8.54. The lowest BCUT2D eigenvalue weighted by Gasteiger charge is -2.21. The molecule has 0 saturated heterocycles. The molecule has 0 spiro atoms. The maximum Gasteiger partial charge on any atom is 0.120 e. The first-order chi connectivity index (χ1) is 9.29. The molecule has 1 atom stereocenters. The van der Waals surface area contributed by atoms with Crippen LogP contribution >= 0.6 is 0 Å². The Bertz CT molecular complexity index is 416. The summed E-state index contributed by atoms with van der Waals surface area (Å²) in [6.45, 7) is 1.39. The van der Waals surface area contributed by atoms with Crippen LogP contribution in [0, 0.1) is 10.7 Å². The second-order valence-electron chi connectivity index (χ2n) is 5.17. The minimum absolute atomic E-state index is 0.507. The van der Waals surface area contributed by atoms with Crippen LogP contribution in [-0.4, -0.2) is 18.9 Å². The number of ether oxygens (including phenoxy) is 1. The van der Waals surface area contributed by atoms with Gasteiger partial charge in [-0.25, -0.2) is 0 Å². The molecule has 0 amide bonds. The molecule has 1 saturated carbocycles. The highest BCUT2D eigenvalue weighted by Gasteiger charge is 2.14. The predicted molar refractivity (Wildman–Crippen MR) is 80.8 cm³/mol. The van der Waals surface area contributed by atoms with Gasteiger partial charge < -0.3 is 10.5 Å². The molecule has 0 aliphatic heterocycles. The van der Waals surface area contributed by atoms with Crippen LogP contribution in [0.5, 0.6) is 5.75 Å². The number of nitrogens with two attached hydrogens (primary N) is 1. The number of benzene rings is 1. The van der Waals surface area contributed by atoms with Gasteiger partial charge in [0.25, 0.3) is 0 Å². The van der Waals surface area contributed by atoms with Gasteiger partial charge >= 0.3 is 0 Å². The summed E-state index contributed by atoms with van der Waals surface area (Å²) in [5, 5.41) is 0. The molecule has 1 fully saturated rings. The van der Waals surface area contributed by atoms with Crippen LogP contribution in [0.25, 0.3) is 0 Å². The Hall–Kier alpha value is -0.870. The number of hydrogen-bond acceptors (Lipinski definition) is 3. The lowest BCUT2D eigenvalue weighted by molar-refractivity contribution is 0.208. The topological polar surface area (TPSA) is 59.1 Å². The first-order valence-electron chi connectivity index (χ1n) is 7.14. The quantitative estimate of drug-likeness (QED) is 0.839. The van der Waals surface area contributed by atoms with Crippen molar-refractivity contribution in [1.82, 2.24) is 0 Å². The third-order valence-corrected chi connectivity index (χ3v) is 5.09. The average Bonchev–Trinajstić information content (AvgIpc) is 2.47. The van der Waals surface area contributed by atoms with Crippen LogP contribution in [0.4, 0.5) is 0 Å². The average molecular weight is 280 g/mol. The first kappa shape index (κ1) is 14.5. The van der Waals surface area contributed by atoms with E-state index in [2.05, 4.69) is 0 Å². The molecule has 2 rings (SSSR count). The monoisotopic (exact) mass is 280 g/mol. The van der Waals surface area contributed by atoms with E-state index in [1.165, 1.54) is 32.1 Å². The van der Waals surface area contributed by atoms with E-state index < -0.39 is 10.7 Å². The second kappa shape index (κ2) is 7.65. The van der Waals surface area contributed by atoms with Crippen LogP contribution in [0.2, 0.25) is 0 Å². The maximum absolute atomic E-state index is 8.03. The Morgan fingerprint density at radius 1 is 1.26 bits per heavy atom. The van der Waals surface area contributed by atoms with Gasteiger partial charge in [0.05, 0.1) is 6.61 Å². The van der Waals surface area contributed by atoms with Crippen LogP contribution in [-0.2, 0) is 10.7 Å². The molecule has 0 bridgehead atoms. The number of rotatable bonds is 6. The van der Waals surface area contributed by atoms with Gasteiger partial charge in [-0.2, -0.15) is 0 Å². The van der Waals surface area contributed by atoms with Crippen molar-refractivity contribution in [3.63, 3.8) is 0 Å². The molecular weight excluding hydrogens is 256 g/mol. The van der Waals surface area contributed by atoms with Crippen molar-refractivity contribution in [2.45, 2.75) is 37.0 Å². The summed E-state index contributed by atoms with van der Waals surface area (Å²) in [6.07, 6.45) is 6.68. The van der Waals surface area contributed by atoms with Gasteiger partial charge in [0, 0.05) is 17.2 Å². The molecule has 1 unspecified atom stereocenters. The summed E-state index contributed by atoms with van der Waals surface area (Å²) in [7, 11) is -0.507. The van der Waals surface area contributed by atoms with Crippen molar-refractivity contribution in [3.8, 4) is 5.75 Å². The van der Waals surface area contributed by atoms with Crippen LogP contribution in [0.1, 0.15) is 32.1 Å². The molecule has 19 heavy (non-hydrogen) atoms. The third kappa shape index (κ3) is 4.62. The van der Waals surface area contributed by atoms with E-state index in [9.17, 15) is 0 Å². The summed E-state index contributed by atoms with van der Waals surface area (Å²) < 4.78 is 13.9. The Morgan fingerprint density at radius 3 is 2.79 bits per heavy atom. The van der Waals surface area contributed by atoms with Crippen molar-refractivity contribution >= 4 is 10.7 Å². The predicted octanol–water partition coefficient (Wildman–Crippen LogP) is 3.34. The van der Waals surface area contributed by atoms with Crippen molar-refractivity contribution in [2.24, 2.45) is 11.7 Å². The van der Waals surface area contributed by atoms with Crippen molar-refractivity contribution in [1.29, 1.82) is 4.78 Å². The minimum atomic E-state index is -0.507. The molecule has 3 N–H and O–H groups in total. The van der Waals surface area contributed by atoms with E-state index in [0.29, 0.717) is 6.54 Å². The molecule has 0 heterocycles. The molecule has 1 aromatic rings. The zero-order valence-electron chi connectivity index (χ0n) is 11.4.